The van der Waals surface area contributed by atoms with Gasteiger partial charge in [-0.3, -0.25) is 9.52 Å². The zero-order valence-corrected chi connectivity index (χ0v) is 14.4. The molecule has 0 spiro atoms. The van der Waals surface area contributed by atoms with Crippen molar-refractivity contribution >= 4 is 32.7 Å². The number of hydrogen-bond donors (Lipinski definition) is 1. The maximum atomic E-state index is 13.2. The van der Waals surface area contributed by atoms with Gasteiger partial charge in [-0.25, -0.2) is 17.2 Å². The minimum Gasteiger partial charge on any atom is -0.339 e. The van der Waals surface area contributed by atoms with Crippen molar-refractivity contribution in [2.75, 3.05) is 18.8 Å². The number of anilines is 1. The highest BCUT2D eigenvalue weighted by atomic mass is 32.2. The lowest BCUT2D eigenvalue weighted by Crippen LogP contribution is -2.16. The van der Waals surface area contributed by atoms with Crippen LogP contribution in [0, 0.1) is 11.6 Å². The Balaban J connectivity index is 2.17. The average molecular weight is 372 g/mol. The van der Waals surface area contributed by atoms with E-state index >= 15 is 0 Å². The van der Waals surface area contributed by atoms with E-state index in [4.69, 9.17) is 0 Å². The van der Waals surface area contributed by atoms with Crippen LogP contribution in [0.1, 0.15) is 0 Å². The van der Waals surface area contributed by atoms with Crippen LogP contribution in [0.25, 0.3) is 0 Å². The lowest BCUT2D eigenvalue weighted by atomic mass is 10.3. The summed E-state index contributed by atoms with van der Waals surface area (Å²) in [6, 6.07) is 8.09. The average Bonchev–Trinajstić information content (AvgIpc) is 2.48. The fourth-order valence-corrected chi connectivity index (χ4v) is 3.44. The Morgan fingerprint density at radius 3 is 2.08 bits per heavy atom. The van der Waals surface area contributed by atoms with Crippen molar-refractivity contribution in [3.05, 3.63) is 54.1 Å². The van der Waals surface area contributed by atoms with Gasteiger partial charge in [0.1, 0.15) is 11.6 Å². The number of halogens is 2. The SMILES string of the molecule is CN(C)C(=O)Sc1ccc(NS(=O)(=O)c2cc(F)cc(F)c2)cc1. The van der Waals surface area contributed by atoms with Crippen LogP contribution in [-0.2, 0) is 10.0 Å². The number of thioether (sulfide) groups is 1. The fraction of sp³-hybridized carbons (Fsp3) is 0.133. The van der Waals surface area contributed by atoms with Gasteiger partial charge in [-0.2, -0.15) is 0 Å². The summed E-state index contributed by atoms with van der Waals surface area (Å²) in [6.45, 7) is 0. The summed E-state index contributed by atoms with van der Waals surface area (Å²) in [5.74, 6) is -1.96. The second-order valence-corrected chi connectivity index (χ2v) is 7.70. The van der Waals surface area contributed by atoms with E-state index in [1.54, 1.807) is 26.2 Å². The Bertz CT molecular complexity index is 833. The lowest BCUT2D eigenvalue weighted by molar-refractivity contribution is 0.241. The van der Waals surface area contributed by atoms with Crippen molar-refractivity contribution in [1.82, 2.24) is 4.90 Å². The van der Waals surface area contributed by atoms with Gasteiger partial charge >= 0.3 is 0 Å². The Kier molecular flexibility index (Phi) is 5.45. The number of nitrogens with one attached hydrogen (secondary N) is 1. The quantitative estimate of drug-likeness (QED) is 0.834. The van der Waals surface area contributed by atoms with Crippen LogP contribution in [0.2, 0.25) is 0 Å². The number of benzene rings is 2. The molecular formula is C15H14F2N2O3S2. The van der Waals surface area contributed by atoms with Gasteiger partial charge in [-0.15, -0.1) is 0 Å². The molecule has 0 aliphatic carbocycles. The standard InChI is InChI=1S/C15H14F2N2O3S2/c1-19(2)15(20)23-13-5-3-12(4-6-13)18-24(21,22)14-8-10(16)7-11(17)9-14/h3-9,18H,1-2H3. The van der Waals surface area contributed by atoms with Crippen molar-refractivity contribution in [3.63, 3.8) is 0 Å². The lowest BCUT2D eigenvalue weighted by Gasteiger charge is -2.11. The summed E-state index contributed by atoms with van der Waals surface area (Å²) in [6.07, 6.45) is 0. The van der Waals surface area contributed by atoms with Crippen LogP contribution >= 0.6 is 11.8 Å². The van der Waals surface area contributed by atoms with Gasteiger partial charge < -0.3 is 4.90 Å². The molecule has 1 amide bonds. The van der Waals surface area contributed by atoms with Crippen molar-refractivity contribution < 1.29 is 22.0 Å². The third-order valence-corrected chi connectivity index (χ3v) is 5.23. The maximum absolute atomic E-state index is 13.2. The maximum Gasteiger partial charge on any atom is 0.285 e. The number of carbonyl (C=O) groups excluding carboxylic acids is 1. The molecule has 0 fully saturated rings. The Morgan fingerprint density at radius 2 is 1.58 bits per heavy atom. The highest BCUT2D eigenvalue weighted by Crippen LogP contribution is 2.24. The number of nitrogens with zero attached hydrogens (tertiary/aromatic N) is 1. The van der Waals surface area contributed by atoms with E-state index in [0.29, 0.717) is 11.0 Å². The first-order valence-corrected chi connectivity index (χ1v) is 8.95. The molecule has 9 heteroatoms. The number of carbonyl (C=O) groups is 1. The first-order chi connectivity index (χ1) is 11.2. The van der Waals surface area contributed by atoms with Crippen molar-refractivity contribution in [2.45, 2.75) is 9.79 Å². The minimum atomic E-state index is -4.12. The van der Waals surface area contributed by atoms with Gasteiger partial charge in [0.15, 0.2) is 0 Å². The number of sulfonamides is 1. The third-order valence-electron chi connectivity index (χ3n) is 2.82. The highest BCUT2D eigenvalue weighted by Gasteiger charge is 2.17. The normalized spacial score (nSPS) is 11.2. The molecule has 0 unspecified atom stereocenters. The molecule has 2 rings (SSSR count). The molecule has 2 aromatic rings. The van der Waals surface area contributed by atoms with Gasteiger partial charge in [0, 0.05) is 30.7 Å². The van der Waals surface area contributed by atoms with Gasteiger partial charge in [0.2, 0.25) is 0 Å². The van der Waals surface area contributed by atoms with Crippen molar-refractivity contribution in [2.24, 2.45) is 0 Å². The molecule has 128 valence electrons. The Hall–Kier alpha value is -2.13. The molecule has 0 aliphatic heterocycles. The molecular weight excluding hydrogens is 358 g/mol. The zero-order chi connectivity index (χ0) is 17.9. The van der Waals surface area contributed by atoms with E-state index in [1.165, 1.54) is 17.0 Å². The fourth-order valence-electron chi connectivity index (χ4n) is 1.68. The van der Waals surface area contributed by atoms with Gasteiger partial charge in [-0.1, -0.05) is 0 Å². The Morgan fingerprint density at radius 1 is 1.04 bits per heavy atom. The molecule has 2 aromatic carbocycles. The Labute approximate surface area is 142 Å². The van der Waals surface area contributed by atoms with E-state index in [0.717, 1.165) is 23.9 Å². The van der Waals surface area contributed by atoms with Crippen LogP contribution in [-0.4, -0.2) is 32.7 Å². The monoisotopic (exact) mass is 372 g/mol. The van der Waals surface area contributed by atoms with Crippen LogP contribution in [0.15, 0.2) is 52.3 Å². The van der Waals surface area contributed by atoms with Crippen LogP contribution in [0.4, 0.5) is 19.3 Å². The first-order valence-electron chi connectivity index (χ1n) is 6.65. The molecule has 0 radical (unpaired) electrons. The molecule has 1 N–H and O–H groups in total. The van der Waals surface area contributed by atoms with E-state index in [2.05, 4.69) is 4.72 Å². The van der Waals surface area contributed by atoms with Crippen LogP contribution in [0.3, 0.4) is 0 Å². The van der Waals surface area contributed by atoms with Crippen LogP contribution < -0.4 is 4.72 Å². The smallest absolute Gasteiger partial charge is 0.285 e. The van der Waals surface area contributed by atoms with Gasteiger partial charge in [0.05, 0.1) is 4.90 Å². The number of amides is 1. The summed E-state index contributed by atoms with van der Waals surface area (Å²) in [4.78, 5) is 13.1. The predicted molar refractivity (Wildman–Crippen MR) is 88.5 cm³/mol. The first kappa shape index (κ1) is 18.2. The van der Waals surface area contributed by atoms with Gasteiger partial charge in [-0.05, 0) is 48.2 Å². The highest BCUT2D eigenvalue weighted by molar-refractivity contribution is 8.13. The molecule has 0 bridgehead atoms. The van der Waals surface area contributed by atoms with Crippen molar-refractivity contribution in [1.29, 1.82) is 0 Å². The predicted octanol–water partition coefficient (Wildman–Crippen LogP) is 3.54. The second-order valence-electron chi connectivity index (χ2n) is 5.00. The van der Waals surface area contributed by atoms with Crippen LogP contribution in [0.5, 0.6) is 0 Å². The van der Waals surface area contributed by atoms with Gasteiger partial charge in [0.25, 0.3) is 15.3 Å². The summed E-state index contributed by atoms with van der Waals surface area (Å²) in [5, 5.41) is -0.168. The number of hydrogen-bond acceptors (Lipinski definition) is 4. The summed E-state index contributed by atoms with van der Waals surface area (Å²) >= 11 is 0.989. The summed E-state index contributed by atoms with van der Waals surface area (Å²) in [7, 11) is -0.878. The minimum absolute atomic E-state index is 0.168. The third kappa shape index (κ3) is 4.68. The molecule has 0 saturated carbocycles. The largest absolute Gasteiger partial charge is 0.339 e. The number of rotatable bonds is 4. The van der Waals surface area contributed by atoms with E-state index < -0.39 is 26.6 Å². The molecule has 0 aromatic heterocycles. The molecule has 0 heterocycles. The van der Waals surface area contributed by atoms with E-state index in [1.807, 2.05) is 0 Å². The van der Waals surface area contributed by atoms with E-state index in [9.17, 15) is 22.0 Å². The summed E-state index contributed by atoms with van der Waals surface area (Å²) in [5.41, 5.74) is 0.210. The van der Waals surface area contributed by atoms with Crippen molar-refractivity contribution in [3.8, 4) is 0 Å². The second kappa shape index (κ2) is 7.18. The van der Waals surface area contributed by atoms with E-state index in [-0.39, 0.29) is 10.9 Å². The summed E-state index contributed by atoms with van der Waals surface area (Å²) < 4.78 is 52.9. The topological polar surface area (TPSA) is 66.5 Å². The molecule has 5 nitrogen and oxygen atoms in total. The molecule has 0 saturated heterocycles. The zero-order valence-electron chi connectivity index (χ0n) is 12.8. The molecule has 0 aliphatic rings. The molecule has 0 atom stereocenters. The molecule has 24 heavy (non-hydrogen) atoms.